The number of benzene rings is 3. The van der Waals surface area contributed by atoms with Gasteiger partial charge in [-0.25, -0.2) is 18.0 Å². The van der Waals surface area contributed by atoms with Gasteiger partial charge in [0.2, 0.25) is 0 Å². The second-order valence-corrected chi connectivity index (χ2v) is 6.56. The molecule has 0 unspecified atom stereocenters. The summed E-state index contributed by atoms with van der Waals surface area (Å²) in [5.74, 6) is -5.83. The number of hydrogen-bond acceptors (Lipinski definition) is 3. The van der Waals surface area contributed by atoms with Gasteiger partial charge in [-0.05, 0) is 16.7 Å². The van der Waals surface area contributed by atoms with Gasteiger partial charge < -0.3 is 10.1 Å². The minimum absolute atomic E-state index is 0.0396. The van der Waals surface area contributed by atoms with Gasteiger partial charge in [0, 0.05) is 18.6 Å². The molecule has 0 fully saturated rings. The number of carbonyl (C=O) groups is 2. The van der Waals surface area contributed by atoms with E-state index < -0.39 is 40.9 Å². The zero-order valence-corrected chi connectivity index (χ0v) is 16.0. The lowest BCUT2D eigenvalue weighted by Gasteiger charge is -2.17. The van der Waals surface area contributed by atoms with Crippen LogP contribution in [-0.4, -0.2) is 25.0 Å². The molecule has 3 aromatic carbocycles. The molecule has 154 valence electrons. The molecule has 0 saturated carbocycles. The lowest BCUT2D eigenvalue weighted by molar-refractivity contribution is -0.142. The van der Waals surface area contributed by atoms with E-state index in [2.05, 4.69) is 5.32 Å². The first-order chi connectivity index (χ1) is 14.4. The maximum Gasteiger partial charge on any atom is 0.328 e. The Kier molecular flexibility index (Phi) is 6.51. The van der Waals surface area contributed by atoms with Crippen LogP contribution in [0.2, 0.25) is 0 Å². The van der Waals surface area contributed by atoms with Crippen molar-refractivity contribution in [3.05, 3.63) is 95.3 Å². The smallest absolute Gasteiger partial charge is 0.328 e. The molecule has 0 aliphatic heterocycles. The Bertz CT molecular complexity index is 1030. The number of nitrogens with one attached hydrogen (secondary N) is 1. The first kappa shape index (κ1) is 21.1. The van der Waals surface area contributed by atoms with Gasteiger partial charge >= 0.3 is 5.97 Å². The van der Waals surface area contributed by atoms with E-state index >= 15 is 0 Å². The van der Waals surface area contributed by atoms with Crippen LogP contribution >= 0.6 is 0 Å². The highest BCUT2D eigenvalue weighted by atomic mass is 19.1. The van der Waals surface area contributed by atoms with Crippen LogP contribution in [0.1, 0.15) is 15.9 Å². The molecule has 7 heteroatoms. The highest BCUT2D eigenvalue weighted by molar-refractivity contribution is 5.97. The maximum atomic E-state index is 13.9. The molecular weight excluding hydrogens is 395 g/mol. The second kappa shape index (κ2) is 9.26. The summed E-state index contributed by atoms with van der Waals surface area (Å²) in [5, 5.41) is 2.26. The third-order valence-corrected chi connectivity index (χ3v) is 4.53. The number of rotatable bonds is 6. The minimum atomic E-state index is -1.36. The van der Waals surface area contributed by atoms with E-state index in [9.17, 15) is 22.8 Å². The molecule has 1 amide bonds. The van der Waals surface area contributed by atoms with Gasteiger partial charge in [-0.1, -0.05) is 54.6 Å². The summed E-state index contributed by atoms with van der Waals surface area (Å²) in [5.41, 5.74) is 1.72. The van der Waals surface area contributed by atoms with Gasteiger partial charge in [-0.15, -0.1) is 0 Å². The Balaban J connectivity index is 1.78. The van der Waals surface area contributed by atoms with Crippen molar-refractivity contribution in [1.29, 1.82) is 0 Å². The molecule has 1 N–H and O–H groups in total. The van der Waals surface area contributed by atoms with E-state index in [0.717, 1.165) is 18.2 Å². The predicted molar refractivity (Wildman–Crippen MR) is 105 cm³/mol. The minimum Gasteiger partial charge on any atom is -0.467 e. The van der Waals surface area contributed by atoms with Crippen LogP contribution in [0.4, 0.5) is 13.2 Å². The predicted octanol–water partition coefficient (Wildman–Crippen LogP) is 4.29. The largest absolute Gasteiger partial charge is 0.467 e. The van der Waals surface area contributed by atoms with Crippen LogP contribution in [0.5, 0.6) is 0 Å². The summed E-state index contributed by atoms with van der Waals surface area (Å²) >= 11 is 0. The Morgan fingerprint density at radius 2 is 1.47 bits per heavy atom. The Labute approximate surface area is 171 Å². The summed E-state index contributed by atoms with van der Waals surface area (Å²) < 4.78 is 45.5. The van der Waals surface area contributed by atoms with Crippen LogP contribution < -0.4 is 5.32 Å². The lowest BCUT2D eigenvalue weighted by Crippen LogP contribution is -2.43. The number of ether oxygens (including phenoxy) is 1. The molecule has 3 aromatic rings. The van der Waals surface area contributed by atoms with Crippen LogP contribution in [0, 0.1) is 17.5 Å². The average molecular weight is 413 g/mol. The van der Waals surface area contributed by atoms with Crippen molar-refractivity contribution in [3.63, 3.8) is 0 Å². The highest BCUT2D eigenvalue weighted by Crippen LogP contribution is 2.20. The molecule has 0 spiro atoms. The molecule has 0 aliphatic carbocycles. The normalized spacial score (nSPS) is 11.6. The van der Waals surface area contributed by atoms with Gasteiger partial charge in [-0.3, -0.25) is 4.79 Å². The average Bonchev–Trinajstić information content (AvgIpc) is 2.73. The number of esters is 1. The summed E-state index contributed by atoms with van der Waals surface area (Å²) in [7, 11) is 1.14. The molecule has 0 bridgehead atoms. The number of carbonyl (C=O) groups excluding carboxylic acids is 2. The van der Waals surface area contributed by atoms with E-state index in [1.807, 2.05) is 42.5 Å². The molecule has 4 nitrogen and oxygen atoms in total. The fraction of sp³-hybridized carbons (Fsp3) is 0.130. The zero-order valence-electron chi connectivity index (χ0n) is 16.0. The fourth-order valence-electron chi connectivity index (χ4n) is 3.02. The van der Waals surface area contributed by atoms with Crippen molar-refractivity contribution in [2.75, 3.05) is 7.11 Å². The Morgan fingerprint density at radius 1 is 0.900 bits per heavy atom. The summed E-state index contributed by atoms with van der Waals surface area (Å²) in [6, 6.07) is 16.5. The molecule has 0 aliphatic rings. The summed E-state index contributed by atoms with van der Waals surface area (Å²) in [6.45, 7) is 0. The molecule has 3 rings (SSSR count). The second-order valence-electron chi connectivity index (χ2n) is 6.56. The van der Waals surface area contributed by atoms with Crippen molar-refractivity contribution in [2.45, 2.75) is 12.5 Å². The first-order valence-corrected chi connectivity index (χ1v) is 9.06. The van der Waals surface area contributed by atoms with Crippen LogP contribution in [-0.2, 0) is 16.0 Å². The summed E-state index contributed by atoms with van der Waals surface area (Å²) in [4.78, 5) is 24.4. The van der Waals surface area contributed by atoms with E-state index in [1.54, 1.807) is 12.1 Å². The van der Waals surface area contributed by atoms with Crippen LogP contribution in [0.25, 0.3) is 11.1 Å². The van der Waals surface area contributed by atoms with Gasteiger partial charge in [0.25, 0.3) is 5.91 Å². The third-order valence-electron chi connectivity index (χ3n) is 4.53. The number of halogens is 3. The standard InChI is InChI=1S/C23H18F3NO3/c1-30-23(29)20(27-22(28)21-18(25)12-17(24)13-19(21)26)11-14-7-9-16(10-8-14)15-5-3-2-4-6-15/h2-10,12-13,20H,11H2,1H3,(H,27,28)/t20-/m1/s1. The Morgan fingerprint density at radius 3 is 2.03 bits per heavy atom. The third kappa shape index (κ3) is 4.86. The van der Waals surface area contributed by atoms with E-state index in [-0.39, 0.29) is 6.42 Å². The van der Waals surface area contributed by atoms with E-state index in [0.29, 0.717) is 17.7 Å². The van der Waals surface area contributed by atoms with Gasteiger partial charge in [0.15, 0.2) is 0 Å². The fourth-order valence-corrected chi connectivity index (χ4v) is 3.02. The lowest BCUT2D eigenvalue weighted by atomic mass is 10.0. The van der Waals surface area contributed by atoms with Crippen LogP contribution in [0.15, 0.2) is 66.7 Å². The maximum absolute atomic E-state index is 13.9. The van der Waals surface area contributed by atoms with Gasteiger partial charge in [0.05, 0.1) is 7.11 Å². The van der Waals surface area contributed by atoms with Crippen molar-refractivity contribution in [1.82, 2.24) is 5.32 Å². The van der Waals surface area contributed by atoms with Gasteiger partial charge in [0.1, 0.15) is 29.1 Å². The van der Waals surface area contributed by atoms with Gasteiger partial charge in [-0.2, -0.15) is 0 Å². The topological polar surface area (TPSA) is 55.4 Å². The van der Waals surface area contributed by atoms with E-state index in [4.69, 9.17) is 4.74 Å². The molecule has 30 heavy (non-hydrogen) atoms. The number of methoxy groups -OCH3 is 1. The molecular formula is C23H18F3NO3. The molecule has 0 heterocycles. The summed E-state index contributed by atoms with van der Waals surface area (Å²) in [6.07, 6.45) is 0.0396. The Hall–Kier alpha value is -3.61. The monoisotopic (exact) mass is 413 g/mol. The van der Waals surface area contributed by atoms with Crippen molar-refractivity contribution in [2.24, 2.45) is 0 Å². The van der Waals surface area contributed by atoms with Crippen LogP contribution in [0.3, 0.4) is 0 Å². The van der Waals surface area contributed by atoms with Crippen molar-refractivity contribution < 1.29 is 27.5 Å². The van der Waals surface area contributed by atoms with Crippen molar-refractivity contribution in [3.8, 4) is 11.1 Å². The first-order valence-electron chi connectivity index (χ1n) is 9.06. The zero-order chi connectivity index (χ0) is 21.7. The number of hydrogen-bond donors (Lipinski definition) is 1. The number of amides is 1. The van der Waals surface area contributed by atoms with E-state index in [1.165, 1.54) is 0 Å². The quantitative estimate of drug-likeness (QED) is 0.614. The highest BCUT2D eigenvalue weighted by Gasteiger charge is 2.26. The molecule has 0 saturated heterocycles. The SMILES string of the molecule is COC(=O)[C@@H](Cc1ccc(-c2ccccc2)cc1)NC(=O)c1c(F)cc(F)cc1F. The molecule has 0 aromatic heterocycles. The molecule has 0 radical (unpaired) electrons. The molecule has 1 atom stereocenters. The van der Waals surface area contributed by atoms with Crippen molar-refractivity contribution >= 4 is 11.9 Å².